The topological polar surface area (TPSA) is 33.5 Å². The van der Waals surface area contributed by atoms with Gasteiger partial charge >= 0.3 is 0 Å². The molecule has 2 aromatic rings. The largest absolute Gasteiger partial charge is 0.467 e. The van der Waals surface area contributed by atoms with Crippen LogP contribution in [-0.4, -0.2) is 16.8 Å². The number of carbonyl (C=O) groups is 1. The number of hydrogen-bond donors (Lipinski definition) is 0. The first-order chi connectivity index (χ1) is 9.66. The van der Waals surface area contributed by atoms with E-state index in [-0.39, 0.29) is 5.91 Å². The van der Waals surface area contributed by atoms with Crippen molar-refractivity contribution >= 4 is 33.4 Å². The van der Waals surface area contributed by atoms with E-state index in [2.05, 4.69) is 15.9 Å². The number of halogens is 2. The predicted molar refractivity (Wildman–Crippen MR) is 80.8 cm³/mol. The molecule has 20 heavy (non-hydrogen) atoms. The molecule has 0 N–H and O–H groups in total. The van der Waals surface area contributed by atoms with Gasteiger partial charge in [0.25, 0.3) is 5.91 Å². The fourth-order valence-corrected chi connectivity index (χ4v) is 2.72. The van der Waals surface area contributed by atoms with E-state index in [9.17, 15) is 4.79 Å². The maximum Gasteiger partial charge on any atom is 0.256 e. The Bertz CT molecular complexity index is 623. The first kappa shape index (κ1) is 13.7. The molecular formula is C15H13BrClNO2. The molecule has 1 aliphatic carbocycles. The van der Waals surface area contributed by atoms with Gasteiger partial charge in [0, 0.05) is 10.5 Å². The van der Waals surface area contributed by atoms with Gasteiger partial charge in [-0.05, 0) is 53.0 Å². The molecule has 1 saturated carbocycles. The molecule has 0 radical (unpaired) electrons. The van der Waals surface area contributed by atoms with E-state index in [1.807, 2.05) is 29.2 Å². The second-order valence-electron chi connectivity index (χ2n) is 4.84. The van der Waals surface area contributed by atoms with Crippen LogP contribution in [0.2, 0.25) is 5.02 Å². The van der Waals surface area contributed by atoms with Crippen molar-refractivity contribution in [2.45, 2.75) is 25.4 Å². The van der Waals surface area contributed by atoms with Crippen LogP contribution in [0.3, 0.4) is 0 Å². The molecule has 104 valence electrons. The Kier molecular flexibility index (Phi) is 3.85. The van der Waals surface area contributed by atoms with Crippen molar-refractivity contribution in [2.24, 2.45) is 0 Å². The van der Waals surface area contributed by atoms with Crippen molar-refractivity contribution in [1.82, 2.24) is 4.90 Å². The summed E-state index contributed by atoms with van der Waals surface area (Å²) in [6, 6.07) is 9.41. The lowest BCUT2D eigenvalue weighted by Gasteiger charge is -2.22. The third kappa shape index (κ3) is 2.76. The van der Waals surface area contributed by atoms with Crippen LogP contribution in [0, 0.1) is 0 Å². The Morgan fingerprint density at radius 3 is 2.80 bits per heavy atom. The van der Waals surface area contributed by atoms with Gasteiger partial charge in [0.15, 0.2) is 0 Å². The van der Waals surface area contributed by atoms with Crippen molar-refractivity contribution in [3.8, 4) is 0 Å². The van der Waals surface area contributed by atoms with Gasteiger partial charge in [-0.1, -0.05) is 17.7 Å². The number of hydrogen-bond acceptors (Lipinski definition) is 2. The summed E-state index contributed by atoms with van der Waals surface area (Å²) in [6.07, 6.45) is 3.70. The van der Waals surface area contributed by atoms with Gasteiger partial charge in [-0.25, -0.2) is 0 Å². The van der Waals surface area contributed by atoms with Crippen LogP contribution in [0.4, 0.5) is 0 Å². The molecular weight excluding hydrogens is 342 g/mol. The van der Waals surface area contributed by atoms with Crippen molar-refractivity contribution in [3.05, 3.63) is 57.4 Å². The van der Waals surface area contributed by atoms with Gasteiger partial charge in [0.1, 0.15) is 5.76 Å². The van der Waals surface area contributed by atoms with Gasteiger partial charge in [0.05, 0.1) is 23.4 Å². The fourth-order valence-electron chi connectivity index (χ4n) is 2.15. The highest BCUT2D eigenvalue weighted by Gasteiger charge is 2.34. The van der Waals surface area contributed by atoms with Crippen molar-refractivity contribution in [3.63, 3.8) is 0 Å². The number of rotatable bonds is 4. The highest BCUT2D eigenvalue weighted by atomic mass is 79.9. The van der Waals surface area contributed by atoms with Crippen LogP contribution in [0.5, 0.6) is 0 Å². The maximum absolute atomic E-state index is 12.7. The Balaban J connectivity index is 1.87. The minimum Gasteiger partial charge on any atom is -0.467 e. The molecule has 1 fully saturated rings. The smallest absolute Gasteiger partial charge is 0.256 e. The van der Waals surface area contributed by atoms with E-state index in [0.29, 0.717) is 23.2 Å². The zero-order valence-corrected chi connectivity index (χ0v) is 13.0. The standard InChI is InChI=1S/C15H13BrClNO2/c16-13-5-1-4-12(14(13)17)15(19)18(10-6-7-10)9-11-3-2-8-20-11/h1-5,8,10H,6-7,9H2. The first-order valence-corrected chi connectivity index (χ1v) is 7.61. The van der Waals surface area contributed by atoms with Gasteiger partial charge in [-0.3, -0.25) is 4.79 Å². The molecule has 1 amide bonds. The SMILES string of the molecule is O=C(c1cccc(Br)c1Cl)N(Cc1ccco1)C1CC1. The second kappa shape index (κ2) is 5.62. The molecule has 0 aliphatic heterocycles. The van der Waals surface area contributed by atoms with Crippen LogP contribution in [0.25, 0.3) is 0 Å². The number of benzene rings is 1. The van der Waals surface area contributed by atoms with Crippen molar-refractivity contribution in [1.29, 1.82) is 0 Å². The molecule has 0 spiro atoms. The first-order valence-electron chi connectivity index (χ1n) is 6.44. The minimum atomic E-state index is -0.0461. The average Bonchev–Trinajstić information content (AvgIpc) is 3.15. The number of furan rings is 1. The van der Waals surface area contributed by atoms with E-state index in [4.69, 9.17) is 16.0 Å². The molecule has 0 bridgehead atoms. The van der Waals surface area contributed by atoms with E-state index in [0.717, 1.165) is 23.1 Å². The summed E-state index contributed by atoms with van der Waals surface area (Å²) >= 11 is 9.58. The lowest BCUT2D eigenvalue weighted by Crippen LogP contribution is -2.32. The lowest BCUT2D eigenvalue weighted by atomic mass is 10.2. The zero-order valence-electron chi connectivity index (χ0n) is 10.7. The molecule has 0 saturated heterocycles. The van der Waals surface area contributed by atoms with Crippen molar-refractivity contribution < 1.29 is 9.21 Å². The van der Waals surface area contributed by atoms with Gasteiger partial charge < -0.3 is 9.32 Å². The number of amides is 1. The molecule has 1 heterocycles. The van der Waals surface area contributed by atoms with Crippen LogP contribution < -0.4 is 0 Å². The fraction of sp³-hybridized carbons (Fsp3) is 0.267. The van der Waals surface area contributed by atoms with Crippen LogP contribution in [0.1, 0.15) is 29.0 Å². The maximum atomic E-state index is 12.7. The molecule has 0 atom stereocenters. The lowest BCUT2D eigenvalue weighted by molar-refractivity contribution is 0.0717. The number of nitrogens with zero attached hydrogens (tertiary/aromatic N) is 1. The average molecular weight is 355 g/mol. The Labute approximate surface area is 130 Å². The highest BCUT2D eigenvalue weighted by Crippen LogP contribution is 2.33. The molecule has 1 aliphatic rings. The Morgan fingerprint density at radius 1 is 1.35 bits per heavy atom. The summed E-state index contributed by atoms with van der Waals surface area (Å²) < 4.78 is 6.08. The highest BCUT2D eigenvalue weighted by molar-refractivity contribution is 9.10. The van der Waals surface area contributed by atoms with Crippen molar-refractivity contribution in [2.75, 3.05) is 0 Å². The van der Waals surface area contributed by atoms with Gasteiger partial charge in [-0.2, -0.15) is 0 Å². The van der Waals surface area contributed by atoms with Gasteiger partial charge in [0.2, 0.25) is 0 Å². The monoisotopic (exact) mass is 353 g/mol. The Hall–Kier alpha value is -1.26. The zero-order chi connectivity index (χ0) is 14.1. The molecule has 3 rings (SSSR count). The molecule has 1 aromatic carbocycles. The van der Waals surface area contributed by atoms with Gasteiger partial charge in [-0.15, -0.1) is 0 Å². The van der Waals surface area contributed by atoms with E-state index in [1.54, 1.807) is 12.3 Å². The van der Waals surface area contributed by atoms with Crippen LogP contribution >= 0.6 is 27.5 Å². The summed E-state index contributed by atoms with van der Waals surface area (Å²) in [5, 5.41) is 0.461. The van der Waals surface area contributed by atoms with E-state index in [1.165, 1.54) is 0 Å². The summed E-state index contributed by atoms with van der Waals surface area (Å²) in [4.78, 5) is 14.5. The summed E-state index contributed by atoms with van der Waals surface area (Å²) in [6.45, 7) is 0.485. The Morgan fingerprint density at radius 2 is 2.15 bits per heavy atom. The normalized spacial score (nSPS) is 14.3. The molecule has 5 heteroatoms. The summed E-state index contributed by atoms with van der Waals surface area (Å²) in [5.74, 6) is 0.742. The molecule has 1 aromatic heterocycles. The molecule has 3 nitrogen and oxygen atoms in total. The number of carbonyl (C=O) groups excluding carboxylic acids is 1. The minimum absolute atomic E-state index is 0.0461. The van der Waals surface area contributed by atoms with Crippen LogP contribution in [0.15, 0.2) is 45.5 Å². The van der Waals surface area contributed by atoms with E-state index >= 15 is 0 Å². The summed E-state index contributed by atoms with van der Waals surface area (Å²) in [7, 11) is 0. The quantitative estimate of drug-likeness (QED) is 0.810. The second-order valence-corrected chi connectivity index (χ2v) is 6.08. The summed E-state index contributed by atoms with van der Waals surface area (Å²) in [5.41, 5.74) is 0.527. The predicted octanol–water partition coefficient (Wildman–Crippen LogP) is 4.50. The van der Waals surface area contributed by atoms with E-state index < -0.39 is 0 Å². The van der Waals surface area contributed by atoms with Crippen LogP contribution in [-0.2, 0) is 6.54 Å². The molecule has 0 unspecified atom stereocenters. The third-order valence-corrected chi connectivity index (χ3v) is 4.63. The third-order valence-electron chi connectivity index (χ3n) is 3.34.